The van der Waals surface area contributed by atoms with E-state index in [2.05, 4.69) is 4.98 Å². The Bertz CT molecular complexity index is 829. The van der Waals surface area contributed by atoms with Crippen molar-refractivity contribution in [1.29, 1.82) is 0 Å². The highest BCUT2D eigenvalue weighted by Crippen LogP contribution is 2.29. The molecule has 116 valence electrons. The van der Waals surface area contributed by atoms with Gasteiger partial charge in [0, 0.05) is 24.6 Å². The van der Waals surface area contributed by atoms with Crippen LogP contribution < -0.4 is 9.47 Å². The number of aliphatic carboxylic acids is 1. The molecule has 1 atom stereocenters. The molecule has 3 rings (SSSR count). The zero-order chi connectivity index (χ0) is 16.3. The van der Waals surface area contributed by atoms with Gasteiger partial charge in [0.05, 0.1) is 0 Å². The van der Waals surface area contributed by atoms with Gasteiger partial charge in [-0.05, 0) is 17.5 Å². The van der Waals surface area contributed by atoms with Crippen LogP contribution in [0.25, 0.3) is 10.8 Å². The van der Waals surface area contributed by atoms with Gasteiger partial charge < -0.3 is 14.6 Å². The minimum absolute atomic E-state index is 0.178. The molecule has 0 aliphatic rings. The van der Waals surface area contributed by atoms with Gasteiger partial charge in [0.15, 0.2) is 0 Å². The number of fused-ring (bicyclic) bond motifs is 1. The smallest absolute Gasteiger partial charge is 0.390 e. The highest BCUT2D eigenvalue weighted by atomic mass is 16.7. The highest BCUT2D eigenvalue weighted by Gasteiger charge is 2.39. The molecular weight excluding hydrogens is 294 g/mol. The zero-order valence-corrected chi connectivity index (χ0v) is 12.5. The largest absolute Gasteiger partial charge is 0.475 e. The van der Waals surface area contributed by atoms with Gasteiger partial charge in [0.2, 0.25) is 5.88 Å². The van der Waals surface area contributed by atoms with Gasteiger partial charge >= 0.3 is 11.8 Å². The van der Waals surface area contributed by atoms with Gasteiger partial charge in [-0.2, -0.15) is 0 Å². The monoisotopic (exact) mass is 309 g/mol. The third-order valence-electron chi connectivity index (χ3n) is 3.38. The molecule has 0 saturated carbocycles. The Morgan fingerprint density at radius 2 is 1.74 bits per heavy atom. The predicted molar refractivity (Wildman–Crippen MR) is 85.5 cm³/mol. The molecule has 0 radical (unpaired) electrons. The van der Waals surface area contributed by atoms with Crippen molar-refractivity contribution in [2.45, 2.75) is 12.7 Å². The number of aromatic nitrogens is 1. The normalized spacial score (nSPS) is 13.3. The first kappa shape index (κ1) is 14.8. The van der Waals surface area contributed by atoms with Crippen molar-refractivity contribution in [2.24, 2.45) is 0 Å². The van der Waals surface area contributed by atoms with Crippen LogP contribution in [0, 0.1) is 0 Å². The Morgan fingerprint density at radius 1 is 1.00 bits per heavy atom. The molecule has 1 unspecified atom stereocenters. The van der Waals surface area contributed by atoms with Crippen molar-refractivity contribution in [3.63, 3.8) is 0 Å². The molecule has 23 heavy (non-hydrogen) atoms. The van der Waals surface area contributed by atoms with E-state index in [1.54, 1.807) is 30.3 Å². The number of hydrogen-bond donors (Lipinski definition) is 1. The lowest BCUT2D eigenvalue weighted by Gasteiger charge is -2.27. The lowest BCUT2D eigenvalue weighted by Crippen LogP contribution is -2.47. The van der Waals surface area contributed by atoms with Gasteiger partial charge in [-0.25, -0.2) is 9.78 Å². The average molecular weight is 309 g/mol. The number of rotatable bonds is 5. The van der Waals surface area contributed by atoms with Crippen molar-refractivity contribution in [1.82, 2.24) is 4.98 Å². The quantitative estimate of drug-likeness (QED) is 0.731. The molecule has 0 amide bonds. The van der Waals surface area contributed by atoms with Crippen LogP contribution >= 0.6 is 0 Å². The van der Waals surface area contributed by atoms with Crippen LogP contribution in [-0.2, 0) is 4.79 Å². The lowest BCUT2D eigenvalue weighted by molar-refractivity contribution is -0.181. The molecule has 5 nitrogen and oxygen atoms in total. The van der Waals surface area contributed by atoms with E-state index in [1.807, 2.05) is 30.3 Å². The molecule has 0 bridgehead atoms. The van der Waals surface area contributed by atoms with E-state index in [0.29, 0.717) is 5.75 Å². The summed E-state index contributed by atoms with van der Waals surface area (Å²) in [6, 6.07) is 18.0. The predicted octanol–water partition coefficient (Wildman–Crippen LogP) is 3.49. The van der Waals surface area contributed by atoms with Gasteiger partial charge in [0.1, 0.15) is 5.75 Å². The fourth-order valence-corrected chi connectivity index (χ4v) is 2.21. The van der Waals surface area contributed by atoms with Crippen LogP contribution in [0.4, 0.5) is 0 Å². The molecule has 0 spiro atoms. The van der Waals surface area contributed by atoms with E-state index in [1.165, 1.54) is 13.1 Å². The molecule has 0 aliphatic carbocycles. The van der Waals surface area contributed by atoms with Crippen LogP contribution in [0.5, 0.6) is 11.6 Å². The summed E-state index contributed by atoms with van der Waals surface area (Å²) in [7, 11) is 0. The van der Waals surface area contributed by atoms with Crippen LogP contribution in [0.1, 0.15) is 6.92 Å². The van der Waals surface area contributed by atoms with E-state index in [9.17, 15) is 9.90 Å². The number of nitrogens with zero attached hydrogens (tertiary/aromatic N) is 1. The second kappa shape index (κ2) is 5.96. The van der Waals surface area contributed by atoms with E-state index in [0.717, 1.165) is 10.8 Å². The summed E-state index contributed by atoms with van der Waals surface area (Å²) in [5.74, 6) is -2.52. The number of carbonyl (C=O) groups is 1. The maximum absolute atomic E-state index is 11.7. The summed E-state index contributed by atoms with van der Waals surface area (Å²) in [6.45, 7) is 1.35. The fraction of sp³-hybridized carbons (Fsp3) is 0.111. The summed E-state index contributed by atoms with van der Waals surface area (Å²) in [4.78, 5) is 15.7. The Kier molecular flexibility index (Phi) is 3.85. The van der Waals surface area contributed by atoms with Crippen molar-refractivity contribution >= 4 is 16.7 Å². The molecule has 1 N–H and O–H groups in total. The third kappa shape index (κ3) is 3.08. The lowest BCUT2D eigenvalue weighted by atomic mass is 10.1. The number of carboxylic acid groups (broad SMARTS) is 1. The second-order valence-electron chi connectivity index (χ2n) is 5.10. The molecule has 1 aromatic heterocycles. The van der Waals surface area contributed by atoms with Gasteiger partial charge in [0.25, 0.3) is 0 Å². The minimum atomic E-state index is -1.89. The van der Waals surface area contributed by atoms with E-state index in [-0.39, 0.29) is 5.88 Å². The molecule has 5 heteroatoms. The summed E-state index contributed by atoms with van der Waals surface area (Å²) < 4.78 is 11.2. The maximum atomic E-state index is 11.7. The zero-order valence-electron chi connectivity index (χ0n) is 12.5. The highest BCUT2D eigenvalue weighted by molar-refractivity contribution is 5.88. The number of ether oxygens (including phenoxy) is 2. The summed E-state index contributed by atoms with van der Waals surface area (Å²) in [5.41, 5.74) is 0. The van der Waals surface area contributed by atoms with E-state index in [4.69, 9.17) is 9.47 Å². The Balaban J connectivity index is 1.97. The van der Waals surface area contributed by atoms with Gasteiger partial charge in [-0.3, -0.25) is 0 Å². The number of pyridine rings is 1. The SMILES string of the molecule is CC(Oc1ccccn1)(Oc1cccc2ccccc12)C(=O)O. The van der Waals surface area contributed by atoms with Crippen molar-refractivity contribution in [2.75, 3.05) is 0 Å². The molecular formula is C18H15NO4. The molecule has 0 saturated heterocycles. The van der Waals surface area contributed by atoms with Crippen molar-refractivity contribution in [3.8, 4) is 11.6 Å². The second-order valence-corrected chi connectivity index (χ2v) is 5.10. The first-order chi connectivity index (χ1) is 11.1. The Hall–Kier alpha value is -3.08. The number of benzene rings is 2. The van der Waals surface area contributed by atoms with Crippen LogP contribution in [-0.4, -0.2) is 21.8 Å². The minimum Gasteiger partial charge on any atom is -0.475 e. The molecule has 3 aromatic rings. The molecule has 2 aromatic carbocycles. The standard InChI is InChI=1S/C18H15NO4/c1-18(17(20)21,23-16-11-4-5-12-19-16)22-15-10-6-8-13-7-2-3-9-14(13)15/h2-12H,1H3,(H,20,21). The molecule has 1 heterocycles. The van der Waals surface area contributed by atoms with Gasteiger partial charge in [-0.1, -0.05) is 42.5 Å². The van der Waals surface area contributed by atoms with Crippen LogP contribution in [0.2, 0.25) is 0 Å². The average Bonchev–Trinajstić information content (AvgIpc) is 2.56. The fourth-order valence-electron chi connectivity index (χ4n) is 2.21. The third-order valence-corrected chi connectivity index (χ3v) is 3.38. The summed E-state index contributed by atoms with van der Waals surface area (Å²) in [5, 5.41) is 11.3. The van der Waals surface area contributed by atoms with Crippen molar-refractivity contribution in [3.05, 3.63) is 66.9 Å². The van der Waals surface area contributed by atoms with E-state index < -0.39 is 11.8 Å². The molecule has 0 aliphatic heterocycles. The Labute approximate surface area is 133 Å². The molecule has 0 fully saturated rings. The maximum Gasteiger partial charge on any atom is 0.390 e. The van der Waals surface area contributed by atoms with Crippen LogP contribution in [0.3, 0.4) is 0 Å². The number of carboxylic acids is 1. The first-order valence-corrected chi connectivity index (χ1v) is 7.09. The Morgan fingerprint density at radius 3 is 2.48 bits per heavy atom. The summed E-state index contributed by atoms with van der Waals surface area (Å²) in [6.07, 6.45) is 1.52. The van der Waals surface area contributed by atoms with Crippen molar-refractivity contribution < 1.29 is 19.4 Å². The topological polar surface area (TPSA) is 68.7 Å². The van der Waals surface area contributed by atoms with Gasteiger partial charge in [-0.15, -0.1) is 0 Å². The number of hydrogen-bond acceptors (Lipinski definition) is 4. The van der Waals surface area contributed by atoms with Crippen LogP contribution in [0.15, 0.2) is 66.9 Å². The summed E-state index contributed by atoms with van der Waals surface area (Å²) >= 11 is 0. The first-order valence-electron chi connectivity index (χ1n) is 7.09. The van der Waals surface area contributed by atoms with E-state index >= 15 is 0 Å².